The molecule has 0 aliphatic rings. The normalized spacial score (nSPS) is 11.1. The molecule has 9 nitrogen and oxygen atoms in total. The fraction of sp³-hybridized carbons (Fsp3) is 0.158. The average molecular weight is 449 g/mol. The molecular weight excluding hydrogens is 432 g/mol. The minimum atomic E-state index is -3.66. The lowest BCUT2D eigenvalue weighted by Gasteiger charge is -2.06. The molecule has 0 fully saturated rings. The van der Waals surface area contributed by atoms with Crippen molar-refractivity contribution in [1.29, 1.82) is 0 Å². The van der Waals surface area contributed by atoms with Crippen molar-refractivity contribution >= 4 is 33.3 Å². The summed E-state index contributed by atoms with van der Waals surface area (Å²) in [5, 5.41) is 9.11. The van der Waals surface area contributed by atoms with E-state index in [4.69, 9.17) is 16.1 Å². The van der Waals surface area contributed by atoms with Crippen LogP contribution >= 0.6 is 11.6 Å². The van der Waals surface area contributed by atoms with Crippen LogP contribution in [0.5, 0.6) is 0 Å². The van der Waals surface area contributed by atoms with E-state index in [1.165, 1.54) is 18.2 Å². The van der Waals surface area contributed by atoms with Gasteiger partial charge in [-0.3, -0.25) is 9.59 Å². The highest BCUT2D eigenvalue weighted by Crippen LogP contribution is 2.14. The molecule has 11 heteroatoms. The molecule has 3 rings (SSSR count). The SMILES string of the molecule is O=C(NCCNC(=O)c1nc(CS(=O)(=O)c2ccccc2)no1)c1cccc(Cl)c1. The summed E-state index contributed by atoms with van der Waals surface area (Å²) in [6, 6.07) is 14.3. The first-order valence-electron chi connectivity index (χ1n) is 8.77. The Kier molecular flexibility index (Phi) is 6.80. The first-order valence-corrected chi connectivity index (χ1v) is 10.8. The number of carbonyl (C=O) groups is 2. The second-order valence-corrected chi connectivity index (χ2v) is 8.54. The number of sulfone groups is 1. The van der Waals surface area contributed by atoms with Crippen molar-refractivity contribution in [3.05, 3.63) is 76.9 Å². The van der Waals surface area contributed by atoms with Gasteiger partial charge in [0.15, 0.2) is 15.7 Å². The zero-order valence-corrected chi connectivity index (χ0v) is 17.1. The van der Waals surface area contributed by atoms with Gasteiger partial charge in [0, 0.05) is 23.7 Å². The van der Waals surface area contributed by atoms with E-state index in [9.17, 15) is 18.0 Å². The van der Waals surface area contributed by atoms with Crippen molar-refractivity contribution in [2.24, 2.45) is 0 Å². The minimum absolute atomic E-state index is 0.102. The molecule has 0 aliphatic carbocycles. The van der Waals surface area contributed by atoms with Crippen molar-refractivity contribution < 1.29 is 22.5 Å². The van der Waals surface area contributed by atoms with Gasteiger partial charge < -0.3 is 15.2 Å². The van der Waals surface area contributed by atoms with Gasteiger partial charge in [-0.2, -0.15) is 4.98 Å². The standard InChI is InChI=1S/C19H17ClN4O5S/c20-14-6-4-5-13(11-14)17(25)21-9-10-22-18(26)19-23-16(24-29-19)12-30(27,28)15-7-2-1-3-8-15/h1-8,11H,9-10,12H2,(H,21,25)(H,22,26). The maximum atomic E-state index is 12.3. The molecule has 0 unspecified atom stereocenters. The summed E-state index contributed by atoms with van der Waals surface area (Å²) in [6.45, 7) is 0.256. The molecule has 1 aromatic heterocycles. The molecule has 30 heavy (non-hydrogen) atoms. The van der Waals surface area contributed by atoms with Crippen molar-refractivity contribution in [3.63, 3.8) is 0 Å². The fourth-order valence-corrected chi connectivity index (χ4v) is 3.83. The molecule has 2 N–H and O–H groups in total. The van der Waals surface area contributed by atoms with Crippen molar-refractivity contribution in [2.75, 3.05) is 13.1 Å². The molecular formula is C19H17ClN4O5S. The second kappa shape index (κ2) is 9.51. The van der Waals surface area contributed by atoms with Gasteiger partial charge in [0.25, 0.3) is 5.91 Å². The summed E-state index contributed by atoms with van der Waals surface area (Å²) in [7, 11) is -3.66. The van der Waals surface area contributed by atoms with Gasteiger partial charge in [-0.25, -0.2) is 8.42 Å². The van der Waals surface area contributed by atoms with Gasteiger partial charge >= 0.3 is 11.8 Å². The monoisotopic (exact) mass is 448 g/mol. The van der Waals surface area contributed by atoms with Crippen LogP contribution in [0.25, 0.3) is 0 Å². The van der Waals surface area contributed by atoms with Crippen LogP contribution in [0.1, 0.15) is 26.9 Å². The van der Waals surface area contributed by atoms with Gasteiger partial charge in [-0.1, -0.05) is 41.0 Å². The predicted molar refractivity (Wildman–Crippen MR) is 108 cm³/mol. The molecule has 0 saturated carbocycles. The van der Waals surface area contributed by atoms with Crippen LogP contribution in [0.3, 0.4) is 0 Å². The van der Waals surface area contributed by atoms with Gasteiger partial charge in [-0.05, 0) is 30.3 Å². The summed E-state index contributed by atoms with van der Waals surface area (Å²) in [4.78, 5) is 28.0. The number of halogens is 1. The molecule has 0 atom stereocenters. The molecule has 2 amide bonds. The van der Waals surface area contributed by atoms with E-state index in [0.717, 1.165) is 0 Å². The largest absolute Gasteiger partial charge is 0.350 e. The van der Waals surface area contributed by atoms with Crippen molar-refractivity contribution in [1.82, 2.24) is 20.8 Å². The van der Waals surface area contributed by atoms with E-state index in [1.54, 1.807) is 36.4 Å². The highest BCUT2D eigenvalue weighted by molar-refractivity contribution is 7.90. The average Bonchev–Trinajstić information content (AvgIpc) is 3.19. The number of aromatic nitrogens is 2. The number of carbonyl (C=O) groups excluding carboxylic acids is 2. The van der Waals surface area contributed by atoms with E-state index in [-0.39, 0.29) is 35.6 Å². The molecule has 0 aliphatic heterocycles. The minimum Gasteiger partial charge on any atom is -0.350 e. The number of nitrogens with one attached hydrogen (secondary N) is 2. The second-order valence-electron chi connectivity index (χ2n) is 6.11. The van der Waals surface area contributed by atoms with Crippen LogP contribution < -0.4 is 10.6 Å². The Morgan fingerprint density at radius 3 is 2.37 bits per heavy atom. The van der Waals surface area contributed by atoms with E-state index in [2.05, 4.69) is 20.8 Å². The molecule has 0 spiro atoms. The van der Waals surface area contributed by atoms with E-state index in [1.807, 2.05) is 0 Å². The third-order valence-corrected chi connectivity index (χ3v) is 5.73. The highest BCUT2D eigenvalue weighted by atomic mass is 35.5. The van der Waals surface area contributed by atoms with Crippen molar-refractivity contribution in [2.45, 2.75) is 10.6 Å². The predicted octanol–water partition coefficient (Wildman–Crippen LogP) is 1.86. The lowest BCUT2D eigenvalue weighted by Crippen LogP contribution is -2.34. The highest BCUT2D eigenvalue weighted by Gasteiger charge is 2.21. The van der Waals surface area contributed by atoms with Crippen LogP contribution in [-0.2, 0) is 15.6 Å². The number of hydrogen-bond donors (Lipinski definition) is 2. The summed E-state index contributed by atoms with van der Waals surface area (Å²) >= 11 is 5.84. The zero-order valence-electron chi connectivity index (χ0n) is 15.5. The van der Waals surface area contributed by atoms with Gasteiger partial charge in [0.2, 0.25) is 0 Å². The molecule has 156 valence electrons. The number of hydrogen-bond acceptors (Lipinski definition) is 7. The fourth-order valence-electron chi connectivity index (χ4n) is 2.45. The first-order chi connectivity index (χ1) is 14.3. The Bertz CT molecular complexity index is 1150. The van der Waals surface area contributed by atoms with Crippen LogP contribution in [0, 0.1) is 0 Å². The first kappa shape index (κ1) is 21.5. The lowest BCUT2D eigenvalue weighted by atomic mass is 10.2. The summed E-state index contributed by atoms with van der Waals surface area (Å²) in [6.07, 6.45) is 0. The Morgan fingerprint density at radius 2 is 1.67 bits per heavy atom. The quantitative estimate of drug-likeness (QED) is 0.502. The van der Waals surface area contributed by atoms with Crippen LogP contribution in [-0.4, -0.2) is 43.5 Å². The Balaban J connectivity index is 1.49. The van der Waals surface area contributed by atoms with Gasteiger partial charge in [0.1, 0.15) is 5.75 Å². The third kappa shape index (κ3) is 5.65. The number of benzene rings is 2. The zero-order chi connectivity index (χ0) is 21.6. The molecule has 0 saturated heterocycles. The molecule has 3 aromatic rings. The maximum absolute atomic E-state index is 12.3. The smallest absolute Gasteiger partial charge is 0.315 e. The van der Waals surface area contributed by atoms with E-state index < -0.39 is 21.5 Å². The van der Waals surface area contributed by atoms with E-state index in [0.29, 0.717) is 10.6 Å². The number of amides is 2. The Hall–Kier alpha value is -3.24. The lowest BCUT2D eigenvalue weighted by molar-refractivity contribution is 0.0898. The van der Waals surface area contributed by atoms with Gasteiger partial charge in [-0.15, -0.1) is 0 Å². The number of rotatable bonds is 8. The summed E-state index contributed by atoms with van der Waals surface area (Å²) < 4.78 is 29.5. The van der Waals surface area contributed by atoms with Crippen LogP contribution in [0.2, 0.25) is 5.02 Å². The third-order valence-electron chi connectivity index (χ3n) is 3.87. The maximum Gasteiger partial charge on any atom is 0.315 e. The summed E-state index contributed by atoms with van der Waals surface area (Å²) in [5.41, 5.74) is 0.398. The molecule has 0 radical (unpaired) electrons. The summed E-state index contributed by atoms with van der Waals surface area (Å²) in [5.74, 6) is -2.00. The Labute approximate surface area is 177 Å². The molecule has 2 aromatic carbocycles. The topological polar surface area (TPSA) is 131 Å². The van der Waals surface area contributed by atoms with Crippen LogP contribution in [0.4, 0.5) is 0 Å². The molecule has 1 heterocycles. The Morgan fingerprint density at radius 1 is 0.967 bits per heavy atom. The van der Waals surface area contributed by atoms with Crippen molar-refractivity contribution in [3.8, 4) is 0 Å². The molecule has 0 bridgehead atoms. The number of nitrogens with zero attached hydrogens (tertiary/aromatic N) is 2. The van der Waals surface area contributed by atoms with Gasteiger partial charge in [0.05, 0.1) is 4.90 Å². The van der Waals surface area contributed by atoms with Crippen LogP contribution in [0.15, 0.2) is 64.0 Å². The van der Waals surface area contributed by atoms with E-state index >= 15 is 0 Å².